The van der Waals surface area contributed by atoms with Crippen LogP contribution in [-0.4, -0.2) is 24.2 Å². The highest BCUT2D eigenvalue weighted by Gasteiger charge is 2.10. The van der Waals surface area contributed by atoms with Crippen molar-refractivity contribution in [3.05, 3.63) is 29.3 Å². The Bertz CT molecular complexity index is 475. The van der Waals surface area contributed by atoms with Gasteiger partial charge in [0.25, 0.3) is 0 Å². The van der Waals surface area contributed by atoms with Gasteiger partial charge in [0, 0.05) is 18.8 Å². The SMILES string of the molecule is Cc1ccc(NC(N)=NCC(CCO)CC(C)C)cc1C.I. The summed E-state index contributed by atoms with van der Waals surface area (Å²) in [6.45, 7) is 9.39. The zero-order valence-corrected chi connectivity index (χ0v) is 16.4. The molecule has 0 aromatic heterocycles. The molecule has 5 heteroatoms. The maximum absolute atomic E-state index is 9.11. The summed E-state index contributed by atoms with van der Waals surface area (Å²) in [5.41, 5.74) is 9.39. The van der Waals surface area contributed by atoms with Crippen molar-refractivity contribution in [1.82, 2.24) is 0 Å². The van der Waals surface area contributed by atoms with Crippen LogP contribution in [0.2, 0.25) is 0 Å². The van der Waals surface area contributed by atoms with Gasteiger partial charge in [0.15, 0.2) is 5.96 Å². The van der Waals surface area contributed by atoms with Gasteiger partial charge in [-0.2, -0.15) is 0 Å². The highest BCUT2D eigenvalue weighted by Crippen LogP contribution is 2.16. The number of anilines is 1. The molecule has 0 heterocycles. The fourth-order valence-electron chi connectivity index (χ4n) is 2.37. The van der Waals surface area contributed by atoms with Crippen molar-refractivity contribution >= 4 is 35.6 Å². The van der Waals surface area contributed by atoms with E-state index in [1.807, 2.05) is 6.07 Å². The van der Waals surface area contributed by atoms with Gasteiger partial charge in [-0.05, 0) is 61.8 Å². The lowest BCUT2D eigenvalue weighted by molar-refractivity contribution is 0.246. The van der Waals surface area contributed by atoms with E-state index >= 15 is 0 Å². The van der Waals surface area contributed by atoms with Crippen LogP contribution in [0.5, 0.6) is 0 Å². The number of aliphatic hydroxyl groups is 1. The van der Waals surface area contributed by atoms with E-state index in [4.69, 9.17) is 10.8 Å². The van der Waals surface area contributed by atoms with Crippen molar-refractivity contribution in [2.75, 3.05) is 18.5 Å². The van der Waals surface area contributed by atoms with Gasteiger partial charge in [0.1, 0.15) is 0 Å². The quantitative estimate of drug-likeness (QED) is 0.359. The Hall–Kier alpha value is -0.820. The van der Waals surface area contributed by atoms with Gasteiger partial charge >= 0.3 is 0 Å². The van der Waals surface area contributed by atoms with Gasteiger partial charge in [-0.1, -0.05) is 19.9 Å². The Morgan fingerprint density at radius 2 is 1.95 bits per heavy atom. The van der Waals surface area contributed by atoms with Crippen LogP contribution in [-0.2, 0) is 0 Å². The molecule has 0 radical (unpaired) electrons. The smallest absolute Gasteiger partial charge is 0.193 e. The number of nitrogens with zero attached hydrogens (tertiary/aromatic N) is 1. The van der Waals surface area contributed by atoms with Crippen LogP contribution in [0.1, 0.15) is 37.8 Å². The van der Waals surface area contributed by atoms with E-state index < -0.39 is 0 Å². The van der Waals surface area contributed by atoms with Crippen LogP contribution in [0.15, 0.2) is 23.2 Å². The molecule has 0 bridgehead atoms. The number of hydrogen-bond acceptors (Lipinski definition) is 2. The molecule has 0 saturated carbocycles. The Balaban J connectivity index is 0.00000441. The minimum Gasteiger partial charge on any atom is -0.396 e. The molecule has 0 saturated heterocycles. The molecule has 4 nitrogen and oxygen atoms in total. The topological polar surface area (TPSA) is 70.6 Å². The normalized spacial score (nSPS) is 12.9. The van der Waals surface area contributed by atoms with Gasteiger partial charge in [-0.15, -0.1) is 24.0 Å². The van der Waals surface area contributed by atoms with Gasteiger partial charge in [-0.25, -0.2) is 0 Å². The van der Waals surface area contributed by atoms with E-state index in [1.54, 1.807) is 0 Å². The predicted molar refractivity (Wildman–Crippen MR) is 106 cm³/mol. The first-order valence-corrected chi connectivity index (χ1v) is 7.67. The van der Waals surface area contributed by atoms with Crippen molar-refractivity contribution < 1.29 is 5.11 Å². The second kappa shape index (κ2) is 10.8. The standard InChI is InChI=1S/C17H29N3O.HI/c1-12(2)9-15(7-8-21)11-19-17(18)20-16-6-5-13(3)14(4)10-16;/h5-6,10,12,15,21H,7-9,11H2,1-4H3,(H3,18,19,20);1H. The number of halogens is 1. The number of aryl methyl sites for hydroxylation is 2. The second-order valence-electron chi connectivity index (χ2n) is 6.16. The molecule has 1 aromatic carbocycles. The summed E-state index contributed by atoms with van der Waals surface area (Å²) in [6, 6.07) is 6.14. The third kappa shape index (κ3) is 7.98. The van der Waals surface area contributed by atoms with E-state index in [-0.39, 0.29) is 30.6 Å². The van der Waals surface area contributed by atoms with Crippen LogP contribution in [0, 0.1) is 25.7 Å². The van der Waals surface area contributed by atoms with Crippen LogP contribution >= 0.6 is 24.0 Å². The maximum Gasteiger partial charge on any atom is 0.193 e. The average molecular weight is 419 g/mol. The Morgan fingerprint density at radius 3 is 2.50 bits per heavy atom. The molecule has 0 spiro atoms. The summed E-state index contributed by atoms with van der Waals surface area (Å²) in [5, 5.41) is 12.2. The fourth-order valence-corrected chi connectivity index (χ4v) is 2.37. The molecular weight excluding hydrogens is 389 g/mol. The molecule has 1 aromatic rings. The van der Waals surface area contributed by atoms with E-state index in [2.05, 4.69) is 50.1 Å². The monoisotopic (exact) mass is 419 g/mol. The summed E-state index contributed by atoms with van der Waals surface area (Å²) in [5.74, 6) is 1.42. The van der Waals surface area contributed by atoms with E-state index in [1.165, 1.54) is 11.1 Å². The lowest BCUT2D eigenvalue weighted by Gasteiger charge is -2.16. The number of aliphatic hydroxyl groups excluding tert-OH is 1. The molecule has 4 N–H and O–H groups in total. The highest BCUT2D eigenvalue weighted by atomic mass is 127. The zero-order valence-electron chi connectivity index (χ0n) is 14.1. The third-order valence-electron chi connectivity index (χ3n) is 3.64. The first-order chi connectivity index (χ1) is 9.92. The van der Waals surface area contributed by atoms with Crippen LogP contribution < -0.4 is 11.1 Å². The minimum atomic E-state index is 0. The first kappa shape index (κ1) is 21.2. The number of nitrogens with two attached hydrogens (primary N) is 1. The van der Waals surface area contributed by atoms with Crippen LogP contribution in [0.25, 0.3) is 0 Å². The van der Waals surface area contributed by atoms with E-state index in [9.17, 15) is 0 Å². The summed E-state index contributed by atoms with van der Waals surface area (Å²) in [6.07, 6.45) is 1.83. The summed E-state index contributed by atoms with van der Waals surface area (Å²) in [7, 11) is 0. The average Bonchev–Trinajstić information content (AvgIpc) is 2.40. The minimum absolute atomic E-state index is 0. The molecule has 0 fully saturated rings. The highest BCUT2D eigenvalue weighted by molar-refractivity contribution is 14.0. The molecular formula is C17H30IN3O. The number of guanidine groups is 1. The van der Waals surface area contributed by atoms with Crippen molar-refractivity contribution in [3.8, 4) is 0 Å². The van der Waals surface area contributed by atoms with E-state index in [0.29, 0.717) is 24.3 Å². The first-order valence-electron chi connectivity index (χ1n) is 7.67. The number of aliphatic imine (C=N–C) groups is 1. The van der Waals surface area contributed by atoms with Crippen molar-refractivity contribution in [1.29, 1.82) is 0 Å². The lowest BCUT2D eigenvalue weighted by Crippen LogP contribution is -2.24. The van der Waals surface area contributed by atoms with Crippen LogP contribution in [0.4, 0.5) is 5.69 Å². The zero-order chi connectivity index (χ0) is 15.8. The van der Waals surface area contributed by atoms with Gasteiger partial charge < -0.3 is 16.2 Å². The van der Waals surface area contributed by atoms with Crippen molar-refractivity contribution in [3.63, 3.8) is 0 Å². The molecule has 0 aliphatic rings. The van der Waals surface area contributed by atoms with Gasteiger partial charge in [0.2, 0.25) is 0 Å². The molecule has 126 valence electrons. The molecule has 1 unspecified atom stereocenters. The Morgan fingerprint density at radius 1 is 1.27 bits per heavy atom. The summed E-state index contributed by atoms with van der Waals surface area (Å²) in [4.78, 5) is 4.42. The molecule has 0 aliphatic heterocycles. The predicted octanol–water partition coefficient (Wildman–Crippen LogP) is 3.69. The third-order valence-corrected chi connectivity index (χ3v) is 3.64. The largest absolute Gasteiger partial charge is 0.396 e. The van der Waals surface area contributed by atoms with Crippen LogP contribution in [0.3, 0.4) is 0 Å². The van der Waals surface area contributed by atoms with Gasteiger partial charge in [-0.3, -0.25) is 4.99 Å². The second-order valence-corrected chi connectivity index (χ2v) is 6.16. The van der Waals surface area contributed by atoms with Crippen molar-refractivity contribution in [2.45, 2.75) is 40.5 Å². The Kier molecular flexibility index (Phi) is 10.4. The number of rotatable bonds is 7. The summed E-state index contributed by atoms with van der Waals surface area (Å²) < 4.78 is 0. The molecule has 1 atom stereocenters. The maximum atomic E-state index is 9.11. The molecule has 0 aliphatic carbocycles. The molecule has 0 amide bonds. The lowest BCUT2D eigenvalue weighted by atomic mass is 9.94. The van der Waals surface area contributed by atoms with Gasteiger partial charge in [0.05, 0.1) is 0 Å². The van der Waals surface area contributed by atoms with E-state index in [0.717, 1.165) is 18.5 Å². The number of hydrogen-bond donors (Lipinski definition) is 3. The number of benzene rings is 1. The molecule has 1 rings (SSSR count). The number of nitrogens with one attached hydrogen (secondary N) is 1. The Labute approximate surface area is 151 Å². The molecule has 22 heavy (non-hydrogen) atoms. The summed E-state index contributed by atoms with van der Waals surface area (Å²) >= 11 is 0. The fraction of sp³-hybridized carbons (Fsp3) is 0.588. The van der Waals surface area contributed by atoms with Crippen molar-refractivity contribution in [2.24, 2.45) is 22.6 Å².